The topological polar surface area (TPSA) is 52.9 Å². The Morgan fingerprint density at radius 3 is 1.55 bits per heavy atom. The van der Waals surface area contributed by atoms with E-state index in [9.17, 15) is 14.0 Å². The largest absolute Gasteiger partial charge is 0.207 e. The summed E-state index contributed by atoms with van der Waals surface area (Å²) in [6, 6.07) is 28.3. The third-order valence-electron chi connectivity index (χ3n) is 7.42. The Balaban J connectivity index is 1.97. The van der Waals surface area contributed by atoms with E-state index in [2.05, 4.69) is 15.0 Å². The lowest BCUT2D eigenvalue weighted by atomic mass is 9.88. The van der Waals surface area contributed by atoms with Crippen LogP contribution in [0.5, 0.6) is 0 Å². The molecule has 0 amide bonds. The summed E-state index contributed by atoms with van der Waals surface area (Å²) in [5.41, 5.74) is 3.21. The molecule has 0 heterocycles. The summed E-state index contributed by atoms with van der Waals surface area (Å²) in [5.74, 6) is -0.879. The molecule has 0 aliphatic rings. The SMILES string of the molecule is [C-]#[N+]/N=c1/c2cc(F)ccc2c2c(-c3ccccc3)c3c(=NC#N)c4cc(F)ccc4c3c(-c3ccccc3)c12. The number of nitrogens with zero attached hydrogens (tertiary/aromatic N) is 4. The zero-order valence-corrected chi connectivity index (χ0v) is 20.8. The highest BCUT2D eigenvalue weighted by Crippen LogP contribution is 2.47. The van der Waals surface area contributed by atoms with E-state index in [-0.39, 0.29) is 0 Å². The van der Waals surface area contributed by atoms with Crippen LogP contribution in [0.1, 0.15) is 0 Å². The van der Waals surface area contributed by atoms with E-state index in [0.717, 1.165) is 38.4 Å². The maximum Gasteiger partial charge on any atom is 0.206 e. The summed E-state index contributed by atoms with van der Waals surface area (Å²) in [7, 11) is 0. The van der Waals surface area contributed by atoms with E-state index in [1.165, 1.54) is 24.3 Å². The first-order chi connectivity index (χ1) is 19.6. The molecule has 0 aliphatic carbocycles. The molecule has 40 heavy (non-hydrogen) atoms. The van der Waals surface area contributed by atoms with Crippen LogP contribution in [-0.2, 0) is 0 Å². The van der Waals surface area contributed by atoms with Gasteiger partial charge in [-0.2, -0.15) is 16.8 Å². The Labute approximate surface area is 226 Å². The van der Waals surface area contributed by atoms with Crippen molar-refractivity contribution in [2.45, 2.75) is 0 Å². The van der Waals surface area contributed by atoms with Crippen molar-refractivity contribution in [3.63, 3.8) is 0 Å². The summed E-state index contributed by atoms with van der Waals surface area (Å²) < 4.78 is 29.3. The average molecular weight is 519 g/mol. The zero-order valence-electron chi connectivity index (χ0n) is 20.8. The van der Waals surface area contributed by atoms with Crippen molar-refractivity contribution < 1.29 is 8.78 Å². The number of hydrogen-bond donors (Lipinski definition) is 0. The maximum atomic E-state index is 14.7. The van der Waals surface area contributed by atoms with Gasteiger partial charge >= 0.3 is 0 Å². The molecule has 0 atom stereocenters. The third-order valence-corrected chi connectivity index (χ3v) is 7.42. The second-order valence-electron chi connectivity index (χ2n) is 9.47. The fraction of sp³-hybridized carbons (Fsp3) is 0. The molecule has 6 heteroatoms. The van der Waals surface area contributed by atoms with Crippen LogP contribution in [0.3, 0.4) is 0 Å². The van der Waals surface area contributed by atoms with Gasteiger partial charge in [0.2, 0.25) is 6.19 Å². The molecule has 0 fully saturated rings. The van der Waals surface area contributed by atoms with Crippen molar-refractivity contribution in [1.82, 2.24) is 0 Å². The first-order valence-electron chi connectivity index (χ1n) is 12.5. The maximum absolute atomic E-state index is 14.7. The lowest BCUT2D eigenvalue weighted by Gasteiger charge is -2.14. The molecule has 7 aromatic carbocycles. The minimum Gasteiger partial charge on any atom is -0.207 e. The molecular weight excluding hydrogens is 502 g/mol. The average Bonchev–Trinajstić information content (AvgIpc) is 3.45. The molecule has 0 spiro atoms. The smallest absolute Gasteiger partial charge is 0.206 e. The van der Waals surface area contributed by atoms with Gasteiger partial charge in [0.25, 0.3) is 0 Å². The minimum absolute atomic E-state index is 0.366. The Bertz CT molecular complexity index is 2180. The second-order valence-corrected chi connectivity index (χ2v) is 9.47. The van der Waals surface area contributed by atoms with Gasteiger partial charge in [0, 0.05) is 43.4 Å². The van der Waals surface area contributed by atoms with E-state index in [4.69, 9.17) is 6.57 Å². The molecule has 4 nitrogen and oxygen atoms in total. The van der Waals surface area contributed by atoms with E-state index >= 15 is 0 Å². The third kappa shape index (κ3) is 3.27. The van der Waals surface area contributed by atoms with E-state index < -0.39 is 11.6 Å². The standard InChI is InChI=1S/C34H16F2N4/c1-38-40-34-26-17-22(36)13-15-24(26)30-27(19-8-4-2-5-9-19)31-29(28(32(30)34)20-10-6-3-7-11-20)23-14-12-21(35)16-25(23)33(31)39-18-37/h2-17H/b39-33?,40-34-. The Hall–Kier alpha value is -5.72. The van der Waals surface area contributed by atoms with Crippen LogP contribution in [0.2, 0.25) is 0 Å². The van der Waals surface area contributed by atoms with Gasteiger partial charge in [-0.15, -0.1) is 4.95 Å². The number of benzene rings is 5. The summed E-state index contributed by atoms with van der Waals surface area (Å²) in [5, 5.41) is 20.1. The first-order valence-corrected chi connectivity index (χ1v) is 12.5. The van der Waals surface area contributed by atoms with Crippen molar-refractivity contribution in [2.24, 2.45) is 10.1 Å². The molecule has 186 valence electrons. The van der Waals surface area contributed by atoms with Gasteiger partial charge in [0.05, 0.1) is 10.5 Å². The predicted molar refractivity (Wildman–Crippen MR) is 153 cm³/mol. The van der Waals surface area contributed by atoms with Gasteiger partial charge in [-0.25, -0.2) is 8.78 Å². The van der Waals surface area contributed by atoms with Crippen molar-refractivity contribution in [3.8, 4) is 28.4 Å². The highest BCUT2D eigenvalue weighted by molar-refractivity contribution is 6.34. The molecule has 0 unspecified atom stereocenters. The fourth-order valence-electron chi connectivity index (χ4n) is 6.00. The summed E-state index contributed by atoms with van der Waals surface area (Å²) in [6.07, 6.45) is 1.92. The number of fused-ring (bicyclic) bond motifs is 6. The van der Waals surface area contributed by atoms with Gasteiger partial charge < -0.3 is 0 Å². The van der Waals surface area contributed by atoms with Crippen LogP contribution in [0, 0.1) is 29.7 Å². The first kappa shape index (κ1) is 23.4. The number of halogens is 2. The van der Waals surface area contributed by atoms with Crippen molar-refractivity contribution in [1.29, 1.82) is 5.26 Å². The van der Waals surface area contributed by atoms with Crippen molar-refractivity contribution in [2.75, 3.05) is 0 Å². The Kier molecular flexibility index (Phi) is 5.23. The van der Waals surface area contributed by atoms with Gasteiger partial charge in [0.1, 0.15) is 11.6 Å². The molecular formula is C34H16F2N4. The van der Waals surface area contributed by atoms with Crippen LogP contribution in [0.4, 0.5) is 8.78 Å². The quantitative estimate of drug-likeness (QED) is 0.130. The van der Waals surface area contributed by atoms with E-state index in [1.54, 1.807) is 12.1 Å². The highest BCUT2D eigenvalue weighted by Gasteiger charge is 2.27. The summed E-state index contributed by atoms with van der Waals surface area (Å²) >= 11 is 0. The predicted octanol–water partition coefficient (Wildman–Crippen LogP) is 7.90. The molecule has 0 bridgehead atoms. The van der Waals surface area contributed by atoms with Crippen LogP contribution in [0.15, 0.2) is 107 Å². The van der Waals surface area contributed by atoms with Crippen molar-refractivity contribution >= 4 is 43.1 Å². The van der Waals surface area contributed by atoms with Gasteiger partial charge in [-0.1, -0.05) is 72.8 Å². The van der Waals surface area contributed by atoms with Gasteiger partial charge in [0.15, 0.2) is 5.36 Å². The number of hydrogen-bond acceptors (Lipinski definition) is 3. The van der Waals surface area contributed by atoms with Gasteiger partial charge in [-0.05, 0) is 46.2 Å². The zero-order chi connectivity index (χ0) is 27.4. The lowest BCUT2D eigenvalue weighted by molar-refractivity contribution is 0.629. The number of nitriles is 1. The summed E-state index contributed by atoms with van der Waals surface area (Å²) in [6.45, 7) is 7.62. The molecule has 7 rings (SSSR count). The Morgan fingerprint density at radius 2 is 1.07 bits per heavy atom. The minimum atomic E-state index is -0.441. The monoisotopic (exact) mass is 518 g/mol. The van der Waals surface area contributed by atoms with Crippen molar-refractivity contribution in [3.05, 3.63) is 131 Å². The highest BCUT2D eigenvalue weighted by atomic mass is 19.1. The molecule has 0 N–H and O–H groups in total. The normalized spacial score (nSPS) is 12.5. The second kappa shape index (κ2) is 8.94. The van der Waals surface area contributed by atoms with Crippen LogP contribution in [-0.4, -0.2) is 0 Å². The molecule has 0 saturated heterocycles. The van der Waals surface area contributed by atoms with E-state index in [0.29, 0.717) is 37.6 Å². The molecule has 0 radical (unpaired) electrons. The molecule has 0 saturated carbocycles. The fourth-order valence-corrected chi connectivity index (χ4v) is 6.00. The van der Waals surface area contributed by atoms with Crippen LogP contribution >= 0.6 is 0 Å². The molecule has 0 aromatic heterocycles. The lowest BCUT2D eigenvalue weighted by Crippen LogP contribution is -2.03. The summed E-state index contributed by atoms with van der Waals surface area (Å²) in [4.78, 5) is 7.61. The van der Waals surface area contributed by atoms with Crippen LogP contribution < -0.4 is 10.7 Å². The van der Waals surface area contributed by atoms with Crippen LogP contribution in [0.25, 0.3) is 70.3 Å². The van der Waals surface area contributed by atoms with Gasteiger partial charge in [-0.3, -0.25) is 0 Å². The Morgan fingerprint density at radius 1 is 0.600 bits per heavy atom. The molecule has 0 aliphatic heterocycles. The number of rotatable bonds is 2. The molecule has 7 aromatic rings. The van der Waals surface area contributed by atoms with E-state index in [1.807, 2.05) is 66.9 Å².